The van der Waals surface area contributed by atoms with Crippen molar-refractivity contribution in [3.05, 3.63) is 111 Å². The minimum atomic E-state index is -4.04. The Hall–Kier alpha value is -4.60. The van der Waals surface area contributed by atoms with E-state index in [1.807, 2.05) is 25.1 Å². The van der Waals surface area contributed by atoms with Crippen LogP contribution in [0.15, 0.2) is 82.9 Å². The van der Waals surface area contributed by atoms with Crippen LogP contribution in [0, 0.1) is 20.8 Å². The summed E-state index contributed by atoms with van der Waals surface area (Å²) in [4.78, 5) is 30.7. The van der Waals surface area contributed by atoms with Gasteiger partial charge in [-0.1, -0.05) is 78.3 Å². The number of ether oxygens (including phenoxy) is 1. The second-order valence-electron chi connectivity index (χ2n) is 10.3. The fraction of sp³-hybridized carbons (Fsp3) is 0.267. The van der Waals surface area contributed by atoms with Crippen molar-refractivity contribution in [1.82, 2.24) is 8.87 Å². The van der Waals surface area contributed by atoms with Crippen LogP contribution in [-0.4, -0.2) is 41.9 Å². The van der Waals surface area contributed by atoms with Gasteiger partial charge in [-0.3, -0.25) is 4.79 Å². The number of aromatic nitrogens is 1. The minimum absolute atomic E-state index is 0.0290. The molecule has 41 heavy (non-hydrogen) atoms. The number of carbonyl (C=O) groups is 2. The first-order chi connectivity index (χ1) is 19.6. The number of azide groups is 1. The zero-order valence-electron chi connectivity index (χ0n) is 23.1. The normalized spacial score (nSPS) is 16.7. The lowest BCUT2D eigenvalue weighted by Crippen LogP contribution is -2.42. The van der Waals surface area contributed by atoms with Crippen LogP contribution in [0.2, 0.25) is 0 Å². The topological polar surface area (TPSA) is 134 Å². The molecule has 3 atom stereocenters. The molecule has 11 heteroatoms. The van der Waals surface area contributed by atoms with E-state index in [1.54, 1.807) is 69.3 Å². The molecule has 1 fully saturated rings. The molecule has 0 spiro atoms. The molecule has 0 radical (unpaired) electrons. The first-order valence-electron chi connectivity index (χ1n) is 13.1. The molecule has 5 rings (SSSR count). The van der Waals surface area contributed by atoms with Crippen LogP contribution >= 0.6 is 0 Å². The molecule has 1 saturated heterocycles. The van der Waals surface area contributed by atoms with Gasteiger partial charge in [0.25, 0.3) is 10.0 Å². The third kappa shape index (κ3) is 4.83. The van der Waals surface area contributed by atoms with Crippen molar-refractivity contribution in [2.75, 3.05) is 6.61 Å². The average molecular weight is 572 g/mol. The second-order valence-corrected chi connectivity index (χ2v) is 12.0. The molecule has 3 aromatic carbocycles. The Labute approximate surface area is 237 Å². The second kappa shape index (κ2) is 10.8. The number of aryl methyl sites for hydroxylation is 3. The number of hydrogen-bond acceptors (Lipinski definition) is 6. The molecule has 4 aromatic rings. The third-order valence-electron chi connectivity index (χ3n) is 7.52. The molecule has 1 aliphatic rings. The van der Waals surface area contributed by atoms with Gasteiger partial charge in [0.05, 0.1) is 10.4 Å². The molecule has 0 unspecified atom stereocenters. The Morgan fingerprint density at radius 1 is 1.05 bits per heavy atom. The number of para-hydroxylation sites is 1. The molecule has 1 aliphatic heterocycles. The summed E-state index contributed by atoms with van der Waals surface area (Å²) in [6.45, 7) is 7.08. The first kappa shape index (κ1) is 27.9. The van der Waals surface area contributed by atoms with E-state index in [4.69, 9.17) is 4.74 Å². The molecule has 0 N–H and O–H groups in total. The maximum absolute atomic E-state index is 14.1. The summed E-state index contributed by atoms with van der Waals surface area (Å²) < 4.78 is 34.6. The molecule has 10 nitrogen and oxygen atoms in total. The Balaban J connectivity index is 1.61. The Kier molecular flexibility index (Phi) is 7.33. The summed E-state index contributed by atoms with van der Waals surface area (Å²) in [5.74, 6) is -1.51. The highest BCUT2D eigenvalue weighted by Gasteiger charge is 2.43. The third-order valence-corrected chi connectivity index (χ3v) is 9.50. The van der Waals surface area contributed by atoms with E-state index in [0.717, 1.165) is 10.5 Å². The molecule has 2 amide bonds. The van der Waals surface area contributed by atoms with Crippen molar-refractivity contribution < 1.29 is 22.7 Å². The number of amides is 2. The van der Waals surface area contributed by atoms with Gasteiger partial charge in [0.2, 0.25) is 5.91 Å². The van der Waals surface area contributed by atoms with Crippen LogP contribution in [0.5, 0.6) is 0 Å². The smallest absolute Gasteiger partial charge is 0.417 e. The molecule has 1 aromatic heterocycles. The predicted molar refractivity (Wildman–Crippen MR) is 154 cm³/mol. The number of imide groups is 1. The Bertz CT molecular complexity index is 1800. The van der Waals surface area contributed by atoms with E-state index >= 15 is 0 Å². The van der Waals surface area contributed by atoms with Gasteiger partial charge in [-0.25, -0.2) is 22.1 Å². The average Bonchev–Trinajstić information content (AvgIpc) is 3.52. The number of nitrogens with zero attached hydrogens (tertiary/aromatic N) is 5. The fourth-order valence-electron chi connectivity index (χ4n) is 5.73. The van der Waals surface area contributed by atoms with Crippen molar-refractivity contribution in [2.45, 2.75) is 50.6 Å². The molecular weight excluding hydrogens is 542 g/mol. The number of rotatable bonds is 7. The number of fused-ring (bicyclic) bond motifs is 1. The lowest BCUT2D eigenvalue weighted by atomic mass is 9.92. The fourth-order valence-corrected chi connectivity index (χ4v) is 7.52. The number of cyclic esters (lactones) is 1. The predicted octanol–water partition coefficient (Wildman–Crippen LogP) is 6.31. The molecule has 0 aliphatic carbocycles. The Morgan fingerprint density at radius 2 is 1.68 bits per heavy atom. The first-order valence-corrected chi connectivity index (χ1v) is 14.5. The summed E-state index contributed by atoms with van der Waals surface area (Å²) in [6, 6.07) is 17.5. The summed E-state index contributed by atoms with van der Waals surface area (Å²) in [5, 5.41) is 4.39. The van der Waals surface area contributed by atoms with E-state index in [1.165, 1.54) is 10.2 Å². The standard InChI is InChI=1S/C30H29N5O5S/c1-18-14-19(2)28(20(3)15-18)41(38,39)34-16-24(23-12-8-9-13-25(23)34)21(4)27(32-33-31)29(36)35-26(17-40-30(35)37)22-10-6-5-7-11-22/h5-16,21,26-27H,17H2,1-4H3/t21-,26-,27+/m0/s1. The van der Waals surface area contributed by atoms with Crippen molar-refractivity contribution in [3.63, 3.8) is 0 Å². The lowest BCUT2D eigenvalue weighted by molar-refractivity contribution is -0.131. The largest absolute Gasteiger partial charge is 0.446 e. The van der Waals surface area contributed by atoms with Gasteiger partial charge < -0.3 is 4.74 Å². The molecule has 0 saturated carbocycles. The Morgan fingerprint density at radius 3 is 2.34 bits per heavy atom. The number of benzene rings is 3. The van der Waals surface area contributed by atoms with Crippen molar-refractivity contribution >= 4 is 32.9 Å². The summed E-state index contributed by atoms with van der Waals surface area (Å²) >= 11 is 0. The van der Waals surface area contributed by atoms with Crippen LogP contribution in [0.1, 0.15) is 46.7 Å². The van der Waals surface area contributed by atoms with Crippen LogP contribution in [-0.2, 0) is 19.6 Å². The summed E-state index contributed by atoms with van der Waals surface area (Å²) in [6.07, 6.45) is 0.651. The van der Waals surface area contributed by atoms with Gasteiger partial charge in [-0.05, 0) is 54.6 Å². The van der Waals surface area contributed by atoms with Gasteiger partial charge in [-0.15, -0.1) is 0 Å². The van der Waals surface area contributed by atoms with Crippen molar-refractivity contribution in [2.24, 2.45) is 5.11 Å². The highest BCUT2D eigenvalue weighted by Crippen LogP contribution is 2.37. The van der Waals surface area contributed by atoms with Crippen LogP contribution in [0.25, 0.3) is 21.3 Å². The van der Waals surface area contributed by atoms with Crippen LogP contribution in [0.3, 0.4) is 0 Å². The monoisotopic (exact) mass is 571 g/mol. The van der Waals surface area contributed by atoms with Crippen LogP contribution < -0.4 is 0 Å². The molecule has 2 heterocycles. The zero-order chi connectivity index (χ0) is 29.5. The lowest BCUT2D eigenvalue weighted by Gasteiger charge is -2.26. The summed E-state index contributed by atoms with van der Waals surface area (Å²) in [5.41, 5.74) is 13.2. The van der Waals surface area contributed by atoms with E-state index in [2.05, 4.69) is 10.0 Å². The maximum Gasteiger partial charge on any atom is 0.417 e. The molecule has 210 valence electrons. The van der Waals surface area contributed by atoms with E-state index in [9.17, 15) is 23.5 Å². The number of carbonyl (C=O) groups excluding carboxylic acids is 2. The number of hydrogen-bond donors (Lipinski definition) is 0. The minimum Gasteiger partial charge on any atom is -0.446 e. The van der Waals surface area contributed by atoms with Gasteiger partial charge in [-0.2, -0.15) is 0 Å². The summed E-state index contributed by atoms with van der Waals surface area (Å²) in [7, 11) is -4.04. The van der Waals surface area contributed by atoms with Gasteiger partial charge in [0.15, 0.2) is 0 Å². The van der Waals surface area contributed by atoms with E-state index in [-0.39, 0.29) is 11.5 Å². The zero-order valence-corrected chi connectivity index (χ0v) is 23.9. The molecule has 0 bridgehead atoms. The highest BCUT2D eigenvalue weighted by molar-refractivity contribution is 7.90. The van der Waals surface area contributed by atoms with Crippen molar-refractivity contribution in [1.29, 1.82) is 0 Å². The van der Waals surface area contributed by atoms with E-state index < -0.39 is 40.0 Å². The highest BCUT2D eigenvalue weighted by atomic mass is 32.2. The maximum atomic E-state index is 14.1. The van der Waals surface area contributed by atoms with E-state index in [0.29, 0.717) is 33.2 Å². The van der Waals surface area contributed by atoms with Crippen molar-refractivity contribution in [3.8, 4) is 0 Å². The van der Waals surface area contributed by atoms with Crippen LogP contribution in [0.4, 0.5) is 4.79 Å². The van der Waals surface area contributed by atoms with Gasteiger partial charge in [0.1, 0.15) is 18.7 Å². The van der Waals surface area contributed by atoms with Gasteiger partial charge >= 0.3 is 6.09 Å². The SMILES string of the molecule is Cc1cc(C)c(S(=O)(=O)n2cc([C@H](C)[C@@H](N=[N+]=[N-])C(=O)N3C(=O)OC[C@H]3c3ccccc3)c3ccccc32)c(C)c1. The molecular formula is C30H29N5O5S. The quantitative estimate of drug-likeness (QED) is 0.146. The van der Waals surface area contributed by atoms with Gasteiger partial charge in [0, 0.05) is 22.4 Å².